The summed E-state index contributed by atoms with van der Waals surface area (Å²) in [7, 11) is 1.32. The lowest BCUT2D eigenvalue weighted by Gasteiger charge is -2.30. The van der Waals surface area contributed by atoms with Crippen molar-refractivity contribution in [2.24, 2.45) is 0 Å². The van der Waals surface area contributed by atoms with E-state index in [0.29, 0.717) is 30.1 Å². The van der Waals surface area contributed by atoms with Gasteiger partial charge in [-0.2, -0.15) is 0 Å². The summed E-state index contributed by atoms with van der Waals surface area (Å²) < 4.78 is 21.1. The first-order valence-corrected chi connectivity index (χ1v) is 10.3. The molecule has 1 aromatic heterocycles. The van der Waals surface area contributed by atoms with Crippen molar-refractivity contribution in [3.63, 3.8) is 0 Å². The smallest absolute Gasteiger partial charge is 0.375 e. The Morgan fingerprint density at radius 2 is 2.07 bits per heavy atom. The van der Waals surface area contributed by atoms with Gasteiger partial charge >= 0.3 is 11.9 Å². The van der Waals surface area contributed by atoms with Gasteiger partial charge in [-0.05, 0) is 13.0 Å². The number of carbonyl (C=O) groups is 3. The fourth-order valence-electron chi connectivity index (χ4n) is 3.05. The normalized spacial score (nSPS) is 16.6. The van der Waals surface area contributed by atoms with Crippen LogP contribution in [-0.2, 0) is 30.4 Å². The van der Waals surface area contributed by atoms with E-state index in [2.05, 4.69) is 0 Å². The first-order chi connectivity index (χ1) is 14.0. The molecular formula is C20H23NO7S. The predicted molar refractivity (Wildman–Crippen MR) is 107 cm³/mol. The highest BCUT2D eigenvalue weighted by atomic mass is 32.2. The maximum Gasteiger partial charge on any atom is 0.375 e. The van der Waals surface area contributed by atoms with Gasteiger partial charge in [0.25, 0.3) is 5.91 Å². The summed E-state index contributed by atoms with van der Waals surface area (Å²) in [6, 6.07) is 7.25. The zero-order valence-corrected chi connectivity index (χ0v) is 17.2. The quantitative estimate of drug-likeness (QED) is 0.628. The highest BCUT2D eigenvalue weighted by molar-refractivity contribution is 8.00. The van der Waals surface area contributed by atoms with Crippen LogP contribution < -0.4 is 0 Å². The number of thioether (sulfide) groups is 1. The van der Waals surface area contributed by atoms with E-state index in [4.69, 9.17) is 18.6 Å². The van der Waals surface area contributed by atoms with Gasteiger partial charge in [0.15, 0.2) is 6.61 Å². The lowest BCUT2D eigenvalue weighted by atomic mass is 10.1. The van der Waals surface area contributed by atoms with Crippen LogP contribution in [0.4, 0.5) is 0 Å². The second-order valence-electron chi connectivity index (χ2n) is 6.34. The minimum Gasteiger partial charge on any atom is -0.468 e. The summed E-state index contributed by atoms with van der Waals surface area (Å²) in [5, 5.41) is 0.342. The molecule has 1 amide bonds. The fraction of sp³-hybridized carbons (Fsp3) is 0.450. The van der Waals surface area contributed by atoms with Gasteiger partial charge < -0.3 is 23.5 Å². The molecule has 1 fully saturated rings. The molecule has 0 N–H and O–H groups in total. The number of nitrogens with zero attached hydrogens (tertiary/aromatic N) is 1. The van der Waals surface area contributed by atoms with Crippen molar-refractivity contribution in [2.45, 2.75) is 18.8 Å². The van der Waals surface area contributed by atoms with Crippen LogP contribution in [0.25, 0.3) is 11.0 Å². The number of benzene rings is 1. The van der Waals surface area contributed by atoms with Crippen LogP contribution in [-0.4, -0.2) is 67.2 Å². The van der Waals surface area contributed by atoms with E-state index in [0.717, 1.165) is 5.39 Å². The number of esters is 2. The standard InChI is InChI=1S/C20H23NO7S/c1-3-26-11-14-13-6-4-5-7-15(13)28-18(14)20(24)27-12-17(22)21-8-9-29-16(10-21)19(23)25-2/h4-7,16H,3,8-12H2,1-2H3/t16-/m0/s1. The number of para-hydroxylation sites is 1. The minimum atomic E-state index is -0.722. The number of amides is 1. The Labute approximate surface area is 172 Å². The average Bonchev–Trinajstić information content (AvgIpc) is 3.13. The van der Waals surface area contributed by atoms with Gasteiger partial charge in [-0.15, -0.1) is 11.8 Å². The van der Waals surface area contributed by atoms with Crippen LogP contribution in [0, 0.1) is 0 Å². The molecule has 3 rings (SSSR count). The molecule has 0 spiro atoms. The molecule has 2 heterocycles. The molecule has 8 nitrogen and oxygen atoms in total. The SMILES string of the molecule is CCOCc1c(C(=O)OCC(=O)N2CCS[C@H](C(=O)OC)C2)oc2ccccc12. The first-order valence-electron chi connectivity index (χ1n) is 9.27. The van der Waals surface area contributed by atoms with Crippen LogP contribution in [0.1, 0.15) is 23.0 Å². The highest BCUT2D eigenvalue weighted by Crippen LogP contribution is 2.27. The Morgan fingerprint density at radius 1 is 1.28 bits per heavy atom. The van der Waals surface area contributed by atoms with Crippen LogP contribution in [0.5, 0.6) is 0 Å². The Bertz CT molecular complexity index is 894. The molecule has 1 aliphatic heterocycles. The molecule has 0 bridgehead atoms. The van der Waals surface area contributed by atoms with Crippen molar-refractivity contribution in [1.82, 2.24) is 4.90 Å². The van der Waals surface area contributed by atoms with Gasteiger partial charge in [-0.1, -0.05) is 18.2 Å². The van der Waals surface area contributed by atoms with Gasteiger partial charge in [0.1, 0.15) is 10.8 Å². The third-order valence-electron chi connectivity index (χ3n) is 4.54. The van der Waals surface area contributed by atoms with E-state index in [9.17, 15) is 14.4 Å². The van der Waals surface area contributed by atoms with Crippen LogP contribution in [0.2, 0.25) is 0 Å². The Kier molecular flexibility index (Phi) is 7.16. The number of carbonyl (C=O) groups excluding carboxylic acids is 3. The Balaban J connectivity index is 1.66. The van der Waals surface area contributed by atoms with E-state index < -0.39 is 17.8 Å². The lowest BCUT2D eigenvalue weighted by Crippen LogP contribution is -2.46. The summed E-state index contributed by atoms with van der Waals surface area (Å²) in [5.41, 5.74) is 1.15. The lowest BCUT2D eigenvalue weighted by molar-refractivity contribution is -0.141. The molecule has 29 heavy (non-hydrogen) atoms. The third kappa shape index (κ3) is 4.91. The van der Waals surface area contributed by atoms with Crippen molar-refractivity contribution in [3.8, 4) is 0 Å². The summed E-state index contributed by atoms with van der Waals surface area (Å²) in [4.78, 5) is 38.2. The highest BCUT2D eigenvalue weighted by Gasteiger charge is 2.30. The zero-order chi connectivity index (χ0) is 20.8. The minimum absolute atomic E-state index is 0.0362. The molecule has 0 saturated carbocycles. The number of furan rings is 1. The van der Waals surface area contributed by atoms with E-state index in [1.807, 2.05) is 19.1 Å². The molecule has 2 aromatic rings. The van der Waals surface area contributed by atoms with Crippen molar-refractivity contribution in [2.75, 3.05) is 39.2 Å². The zero-order valence-electron chi connectivity index (χ0n) is 16.3. The monoisotopic (exact) mass is 421 g/mol. The second-order valence-corrected chi connectivity index (χ2v) is 7.65. The number of ether oxygens (including phenoxy) is 3. The number of rotatable bonds is 7. The molecule has 0 radical (unpaired) electrons. The van der Waals surface area contributed by atoms with E-state index >= 15 is 0 Å². The largest absolute Gasteiger partial charge is 0.468 e. The molecular weight excluding hydrogens is 398 g/mol. The van der Waals surface area contributed by atoms with Crippen molar-refractivity contribution in [3.05, 3.63) is 35.6 Å². The topological polar surface area (TPSA) is 95.3 Å². The maximum absolute atomic E-state index is 12.6. The van der Waals surface area contributed by atoms with Gasteiger partial charge in [0.2, 0.25) is 5.76 Å². The summed E-state index contributed by atoms with van der Waals surface area (Å²) in [5.74, 6) is -0.807. The molecule has 1 saturated heterocycles. The van der Waals surface area contributed by atoms with Crippen LogP contribution in [0.15, 0.2) is 28.7 Å². The summed E-state index contributed by atoms with van der Waals surface area (Å²) in [6.45, 7) is 2.83. The van der Waals surface area contributed by atoms with Crippen molar-refractivity contribution in [1.29, 1.82) is 0 Å². The van der Waals surface area contributed by atoms with Crippen LogP contribution in [0.3, 0.4) is 0 Å². The maximum atomic E-state index is 12.6. The molecule has 0 aliphatic carbocycles. The molecule has 156 valence electrons. The van der Waals surface area contributed by atoms with Crippen molar-refractivity contribution < 1.29 is 33.0 Å². The van der Waals surface area contributed by atoms with Gasteiger partial charge in [0, 0.05) is 36.4 Å². The summed E-state index contributed by atoms with van der Waals surface area (Å²) in [6.07, 6.45) is 0. The van der Waals surface area contributed by atoms with E-state index in [-0.39, 0.29) is 30.8 Å². The van der Waals surface area contributed by atoms with Crippen LogP contribution >= 0.6 is 11.8 Å². The van der Waals surface area contributed by atoms with E-state index in [1.165, 1.54) is 23.8 Å². The number of fused-ring (bicyclic) bond motifs is 1. The van der Waals surface area contributed by atoms with E-state index in [1.54, 1.807) is 12.1 Å². The predicted octanol–water partition coefficient (Wildman–Crippen LogP) is 2.24. The third-order valence-corrected chi connectivity index (χ3v) is 5.71. The number of hydrogen-bond donors (Lipinski definition) is 0. The average molecular weight is 421 g/mol. The Morgan fingerprint density at radius 3 is 2.83 bits per heavy atom. The first kappa shape index (κ1) is 21.2. The summed E-state index contributed by atoms with van der Waals surface area (Å²) >= 11 is 1.45. The molecule has 9 heteroatoms. The molecule has 1 atom stereocenters. The molecule has 1 aromatic carbocycles. The molecule has 1 aliphatic rings. The second kappa shape index (κ2) is 9.80. The number of methoxy groups -OCH3 is 1. The van der Waals surface area contributed by atoms with Crippen molar-refractivity contribution >= 4 is 40.6 Å². The number of hydrogen-bond acceptors (Lipinski definition) is 8. The van der Waals surface area contributed by atoms with Gasteiger partial charge in [-0.3, -0.25) is 9.59 Å². The Hall–Kier alpha value is -2.52. The fourth-order valence-corrected chi connectivity index (χ4v) is 4.17. The van der Waals surface area contributed by atoms with Gasteiger partial charge in [0.05, 0.1) is 13.7 Å². The molecule has 0 unspecified atom stereocenters. The van der Waals surface area contributed by atoms with Gasteiger partial charge in [-0.25, -0.2) is 4.79 Å².